The Hall–Kier alpha value is -3.20. The lowest BCUT2D eigenvalue weighted by atomic mass is 10.0. The van der Waals surface area contributed by atoms with Gasteiger partial charge in [-0.25, -0.2) is 0 Å². The van der Waals surface area contributed by atoms with E-state index < -0.39 is 0 Å². The van der Waals surface area contributed by atoms with Gasteiger partial charge in [-0.05, 0) is 73.2 Å². The number of benzene rings is 3. The number of aryl methyl sites for hydroxylation is 1. The van der Waals surface area contributed by atoms with Gasteiger partial charge in [0.15, 0.2) is 0 Å². The number of thioether (sulfide) groups is 1. The van der Waals surface area contributed by atoms with E-state index in [2.05, 4.69) is 30.4 Å². The minimum atomic E-state index is -0.323. The van der Waals surface area contributed by atoms with Crippen LogP contribution < -0.4 is 20.9 Å². The molecule has 6 nitrogen and oxygen atoms in total. The number of nitrogens with one attached hydrogen (secondary N) is 2. The maximum atomic E-state index is 11.0. The van der Waals surface area contributed by atoms with Crippen LogP contribution in [0.25, 0.3) is 0 Å². The van der Waals surface area contributed by atoms with Gasteiger partial charge in [0.25, 0.3) is 0 Å². The van der Waals surface area contributed by atoms with Gasteiger partial charge in [-0.1, -0.05) is 60.8 Å². The van der Waals surface area contributed by atoms with Crippen molar-refractivity contribution >= 4 is 35.5 Å². The second kappa shape index (κ2) is 13.8. The minimum absolute atomic E-state index is 0.0523. The van der Waals surface area contributed by atoms with Crippen LogP contribution in [0.2, 0.25) is 0 Å². The van der Waals surface area contributed by atoms with Crippen LogP contribution in [0.5, 0.6) is 5.75 Å². The first-order valence-electron chi connectivity index (χ1n) is 11.6. The van der Waals surface area contributed by atoms with Gasteiger partial charge >= 0.3 is 0 Å². The Morgan fingerprint density at radius 3 is 2.58 bits per heavy atom. The molecule has 0 fully saturated rings. The fourth-order valence-corrected chi connectivity index (χ4v) is 5.22. The number of amides is 1. The molecule has 36 heavy (non-hydrogen) atoms. The highest BCUT2D eigenvalue weighted by Gasteiger charge is 2.17. The normalized spacial score (nSPS) is 11.6. The number of carbonyl (C=O) groups excluding carboxylic acids is 1. The Bertz CT molecular complexity index is 1200. The van der Waals surface area contributed by atoms with Crippen molar-refractivity contribution in [2.45, 2.75) is 42.0 Å². The summed E-state index contributed by atoms with van der Waals surface area (Å²) in [5, 5.41) is 7.77. The number of amidine groups is 1. The summed E-state index contributed by atoms with van der Waals surface area (Å²) >= 11 is 3.18. The molecule has 1 unspecified atom stereocenters. The van der Waals surface area contributed by atoms with Gasteiger partial charge in [0.1, 0.15) is 11.6 Å². The van der Waals surface area contributed by atoms with E-state index in [0.717, 1.165) is 31.6 Å². The Morgan fingerprint density at radius 2 is 1.86 bits per heavy atom. The molecule has 1 amide bonds. The first-order chi connectivity index (χ1) is 17.3. The first-order valence-corrected chi connectivity index (χ1v) is 13.2. The SMILES string of the molecule is C=C(Sc1cc(OCCCC(N)=O)ccc1C)C(Cc1cccc(C(=N)N)c1)NSc1ccccc1. The van der Waals surface area contributed by atoms with E-state index in [1.807, 2.05) is 60.7 Å². The van der Waals surface area contributed by atoms with Gasteiger partial charge in [0.05, 0.1) is 12.6 Å². The minimum Gasteiger partial charge on any atom is -0.494 e. The van der Waals surface area contributed by atoms with Crippen molar-refractivity contribution in [3.05, 3.63) is 101 Å². The molecule has 188 valence electrons. The highest BCUT2D eigenvalue weighted by molar-refractivity contribution is 8.03. The molecule has 0 saturated carbocycles. The summed E-state index contributed by atoms with van der Waals surface area (Å²) in [6, 6.07) is 23.8. The summed E-state index contributed by atoms with van der Waals surface area (Å²) in [7, 11) is 0. The lowest BCUT2D eigenvalue weighted by molar-refractivity contribution is -0.118. The number of hydrogen-bond acceptors (Lipinski definition) is 6. The summed E-state index contributed by atoms with van der Waals surface area (Å²) in [5.74, 6) is 0.477. The Labute approximate surface area is 221 Å². The fourth-order valence-electron chi connectivity index (χ4n) is 3.38. The molecule has 0 heterocycles. The van der Waals surface area contributed by atoms with Crippen molar-refractivity contribution < 1.29 is 9.53 Å². The zero-order valence-electron chi connectivity index (χ0n) is 20.3. The average Bonchev–Trinajstić information content (AvgIpc) is 2.86. The van der Waals surface area contributed by atoms with E-state index >= 15 is 0 Å². The van der Waals surface area contributed by atoms with Gasteiger partial charge in [0, 0.05) is 26.7 Å². The summed E-state index contributed by atoms with van der Waals surface area (Å²) < 4.78 is 9.40. The van der Waals surface area contributed by atoms with E-state index in [9.17, 15) is 4.79 Å². The second-order valence-corrected chi connectivity index (χ2v) is 10.4. The van der Waals surface area contributed by atoms with Crippen molar-refractivity contribution in [1.29, 1.82) is 5.41 Å². The number of nitrogens with two attached hydrogens (primary N) is 2. The zero-order chi connectivity index (χ0) is 25.9. The van der Waals surface area contributed by atoms with Crippen molar-refractivity contribution in [2.24, 2.45) is 11.5 Å². The van der Waals surface area contributed by atoms with Gasteiger partial charge in [-0.2, -0.15) is 0 Å². The second-order valence-electron chi connectivity index (χ2n) is 8.32. The van der Waals surface area contributed by atoms with E-state index in [1.54, 1.807) is 23.7 Å². The molecule has 0 saturated heterocycles. The third-order valence-electron chi connectivity index (χ3n) is 5.37. The van der Waals surface area contributed by atoms with E-state index in [4.69, 9.17) is 21.6 Å². The van der Waals surface area contributed by atoms with E-state index in [-0.39, 0.29) is 17.8 Å². The molecule has 3 rings (SSSR count). The number of carbonyl (C=O) groups is 1. The lowest BCUT2D eigenvalue weighted by Gasteiger charge is -2.22. The molecular formula is C28H32N4O2S2. The third-order valence-corrected chi connectivity index (χ3v) is 7.48. The van der Waals surface area contributed by atoms with Gasteiger partial charge < -0.3 is 16.2 Å². The molecule has 0 aromatic heterocycles. The zero-order valence-corrected chi connectivity index (χ0v) is 22.0. The van der Waals surface area contributed by atoms with Crippen LogP contribution in [0.4, 0.5) is 0 Å². The van der Waals surface area contributed by atoms with Crippen LogP contribution in [-0.2, 0) is 11.2 Å². The predicted molar refractivity (Wildman–Crippen MR) is 150 cm³/mol. The van der Waals surface area contributed by atoms with Gasteiger partial charge in [0.2, 0.25) is 5.91 Å². The van der Waals surface area contributed by atoms with Crippen LogP contribution in [-0.4, -0.2) is 24.4 Å². The fraction of sp³-hybridized carbons (Fsp3) is 0.214. The van der Waals surface area contributed by atoms with Crippen LogP contribution in [0.3, 0.4) is 0 Å². The van der Waals surface area contributed by atoms with Crippen LogP contribution in [0, 0.1) is 12.3 Å². The maximum Gasteiger partial charge on any atom is 0.217 e. The topological polar surface area (TPSA) is 114 Å². The molecule has 3 aromatic carbocycles. The van der Waals surface area contributed by atoms with Gasteiger partial charge in [-0.3, -0.25) is 14.9 Å². The molecule has 0 aliphatic heterocycles. The molecule has 8 heteroatoms. The Morgan fingerprint density at radius 1 is 1.08 bits per heavy atom. The summed E-state index contributed by atoms with van der Waals surface area (Å²) in [4.78, 5) is 14.1. The standard InChI is InChI=1S/C28H32N4O2S2/c1-19-13-14-23(34-15-7-12-27(29)33)18-26(19)35-20(2)25(32-36-24-10-4-3-5-11-24)17-21-8-6-9-22(16-21)28(30)31/h3-6,8-11,13-14,16,18,25,32H,2,7,12,15,17H2,1H3,(H2,29,33)(H3,30,31). The smallest absolute Gasteiger partial charge is 0.217 e. The van der Waals surface area contributed by atoms with Crippen molar-refractivity contribution in [3.63, 3.8) is 0 Å². The molecule has 3 aromatic rings. The van der Waals surface area contributed by atoms with Crippen LogP contribution in [0.15, 0.2) is 94.1 Å². The Kier molecular flexibility index (Phi) is 10.5. The summed E-state index contributed by atoms with van der Waals surface area (Å²) in [6.45, 7) is 6.90. The quantitative estimate of drug-likeness (QED) is 0.0740. The predicted octanol–water partition coefficient (Wildman–Crippen LogP) is 5.44. The largest absolute Gasteiger partial charge is 0.494 e. The number of rotatable bonds is 14. The molecule has 0 radical (unpaired) electrons. The molecular weight excluding hydrogens is 488 g/mol. The molecule has 0 bridgehead atoms. The summed E-state index contributed by atoms with van der Waals surface area (Å²) in [6.07, 6.45) is 1.58. The van der Waals surface area contributed by atoms with Gasteiger partial charge in [-0.15, -0.1) is 0 Å². The van der Waals surface area contributed by atoms with E-state index in [1.165, 1.54) is 0 Å². The molecule has 6 N–H and O–H groups in total. The van der Waals surface area contributed by atoms with Crippen LogP contribution in [0.1, 0.15) is 29.5 Å². The summed E-state index contributed by atoms with van der Waals surface area (Å²) in [5.41, 5.74) is 13.8. The van der Waals surface area contributed by atoms with Crippen LogP contribution >= 0.6 is 23.7 Å². The highest BCUT2D eigenvalue weighted by atomic mass is 32.2. The third kappa shape index (κ3) is 8.78. The van der Waals surface area contributed by atoms with Crippen molar-refractivity contribution in [2.75, 3.05) is 6.61 Å². The number of primary amides is 1. The number of hydrogen-bond donors (Lipinski definition) is 4. The average molecular weight is 521 g/mol. The Balaban J connectivity index is 1.74. The van der Waals surface area contributed by atoms with Crippen molar-refractivity contribution in [1.82, 2.24) is 4.72 Å². The molecule has 1 atom stereocenters. The molecule has 0 aliphatic rings. The van der Waals surface area contributed by atoms with E-state index in [0.29, 0.717) is 31.4 Å². The number of ether oxygens (including phenoxy) is 1. The van der Waals surface area contributed by atoms with Crippen molar-refractivity contribution in [3.8, 4) is 5.75 Å². The number of nitrogen functional groups attached to an aromatic ring is 1. The lowest BCUT2D eigenvalue weighted by Crippen LogP contribution is -2.26. The molecule has 0 spiro atoms. The molecule has 0 aliphatic carbocycles. The first kappa shape index (κ1) is 27.4. The maximum absolute atomic E-state index is 11.0. The highest BCUT2D eigenvalue weighted by Crippen LogP contribution is 2.35. The monoisotopic (exact) mass is 520 g/mol.